The Bertz CT molecular complexity index is 335. The van der Waals surface area contributed by atoms with Crippen molar-refractivity contribution in [2.75, 3.05) is 0 Å². The van der Waals surface area contributed by atoms with E-state index in [1.54, 1.807) is 0 Å². The highest BCUT2D eigenvalue weighted by molar-refractivity contribution is 7.93. The second kappa shape index (κ2) is 5.29. The largest absolute Gasteiger partial charge is 0.252 e. The fraction of sp³-hybridized carbons (Fsp3) is 1.00. The summed E-state index contributed by atoms with van der Waals surface area (Å²) in [6.45, 7) is 10.8. The number of hydrogen-bond donors (Lipinski definition) is 1. The van der Waals surface area contributed by atoms with Crippen LogP contribution in [0.5, 0.6) is 0 Å². The zero-order valence-electron chi connectivity index (χ0n) is 12.1. The van der Waals surface area contributed by atoms with E-state index in [1.807, 2.05) is 13.8 Å². The van der Waals surface area contributed by atoms with Crippen molar-refractivity contribution in [3.63, 3.8) is 0 Å². The molecule has 1 aliphatic rings. The van der Waals surface area contributed by atoms with Crippen molar-refractivity contribution in [3.05, 3.63) is 0 Å². The van der Waals surface area contributed by atoms with Crippen LogP contribution in [0, 0.1) is 16.1 Å². The average Bonchev–Trinajstić information content (AvgIpc) is 2.29. The van der Waals surface area contributed by atoms with E-state index in [1.165, 1.54) is 6.42 Å². The van der Waals surface area contributed by atoms with E-state index in [0.717, 1.165) is 31.6 Å². The van der Waals surface area contributed by atoms with Crippen LogP contribution >= 0.6 is 0 Å². The highest BCUT2D eigenvalue weighted by Crippen LogP contribution is 2.42. The summed E-state index contributed by atoms with van der Waals surface area (Å²) in [7, 11) is -2.38. The van der Waals surface area contributed by atoms with E-state index in [0.29, 0.717) is 5.41 Å². The second-order valence-electron chi connectivity index (χ2n) is 6.51. The van der Waals surface area contributed by atoms with Crippen molar-refractivity contribution < 1.29 is 4.21 Å². The molecular formula is C14H29NOS. The summed E-state index contributed by atoms with van der Waals surface area (Å²) in [5, 5.41) is 0.148. The summed E-state index contributed by atoms with van der Waals surface area (Å²) in [6.07, 6.45) is 5.52. The molecule has 102 valence electrons. The lowest BCUT2D eigenvalue weighted by atomic mass is 9.70. The number of hydrogen-bond acceptors (Lipinski definition) is 2. The molecule has 0 aromatic carbocycles. The smallest absolute Gasteiger partial charge is 0.0494 e. The maximum Gasteiger partial charge on any atom is 0.0494 e. The molecule has 3 heteroatoms. The molecule has 0 heterocycles. The van der Waals surface area contributed by atoms with Gasteiger partial charge in [0.25, 0.3) is 0 Å². The first-order valence-electron chi connectivity index (χ1n) is 6.98. The maximum atomic E-state index is 12.3. The summed E-state index contributed by atoms with van der Waals surface area (Å²) >= 11 is 0. The molecule has 0 spiro atoms. The Labute approximate surface area is 108 Å². The van der Waals surface area contributed by atoms with Gasteiger partial charge in [-0.15, -0.1) is 0 Å². The minimum atomic E-state index is -2.38. The number of nitrogens with one attached hydrogen (secondary N) is 1. The van der Waals surface area contributed by atoms with Gasteiger partial charge in [0.1, 0.15) is 0 Å². The zero-order valence-corrected chi connectivity index (χ0v) is 12.9. The molecule has 1 unspecified atom stereocenters. The lowest BCUT2D eigenvalue weighted by Crippen LogP contribution is -2.35. The first kappa shape index (κ1) is 15.0. The fourth-order valence-corrected chi connectivity index (χ4v) is 4.61. The molecule has 1 fully saturated rings. The van der Waals surface area contributed by atoms with Crippen LogP contribution in [-0.2, 0) is 9.73 Å². The van der Waals surface area contributed by atoms with Crippen molar-refractivity contribution in [2.24, 2.45) is 11.3 Å². The van der Waals surface area contributed by atoms with Crippen LogP contribution in [0.15, 0.2) is 0 Å². The molecular weight excluding hydrogens is 230 g/mol. The molecule has 0 saturated heterocycles. The molecule has 0 amide bonds. The Balaban J connectivity index is 2.64. The predicted octanol–water partition coefficient (Wildman–Crippen LogP) is 4.44. The molecule has 0 aromatic rings. The van der Waals surface area contributed by atoms with Gasteiger partial charge in [0, 0.05) is 20.2 Å². The van der Waals surface area contributed by atoms with Crippen molar-refractivity contribution in [3.8, 4) is 0 Å². The van der Waals surface area contributed by atoms with E-state index < -0.39 is 9.73 Å². The average molecular weight is 259 g/mol. The molecule has 1 aliphatic carbocycles. The normalized spacial score (nSPS) is 30.2. The molecule has 0 aromatic heterocycles. The van der Waals surface area contributed by atoms with Gasteiger partial charge in [-0.1, -0.05) is 41.0 Å². The third-order valence-electron chi connectivity index (χ3n) is 4.89. The quantitative estimate of drug-likeness (QED) is 0.797. The van der Waals surface area contributed by atoms with Crippen LogP contribution in [0.25, 0.3) is 0 Å². The van der Waals surface area contributed by atoms with Gasteiger partial charge in [-0.2, -0.15) is 0 Å². The van der Waals surface area contributed by atoms with E-state index in [2.05, 4.69) is 20.8 Å². The van der Waals surface area contributed by atoms with Gasteiger partial charge in [-0.05, 0) is 37.0 Å². The predicted molar refractivity (Wildman–Crippen MR) is 75.8 cm³/mol. The van der Waals surface area contributed by atoms with Crippen LogP contribution < -0.4 is 0 Å². The maximum absolute atomic E-state index is 12.3. The SMILES string of the molecule is CCC(C)(C)C1CCC(S(=N)(=O)C(C)C)CC1. The Morgan fingerprint density at radius 3 is 2.06 bits per heavy atom. The molecule has 1 N–H and O–H groups in total. The number of rotatable bonds is 4. The molecule has 1 atom stereocenters. The Hall–Kier alpha value is -0.0500. The lowest BCUT2D eigenvalue weighted by Gasteiger charge is -2.39. The minimum Gasteiger partial charge on any atom is -0.252 e. The van der Waals surface area contributed by atoms with Gasteiger partial charge >= 0.3 is 0 Å². The minimum absolute atomic E-state index is 0.00300. The second-order valence-corrected chi connectivity index (χ2v) is 9.42. The zero-order chi connectivity index (χ0) is 13.3. The van der Waals surface area contributed by atoms with Crippen molar-refractivity contribution in [1.29, 1.82) is 4.78 Å². The Morgan fingerprint density at radius 1 is 1.24 bits per heavy atom. The van der Waals surface area contributed by atoms with Crippen LogP contribution in [0.4, 0.5) is 0 Å². The lowest BCUT2D eigenvalue weighted by molar-refractivity contribution is 0.154. The Morgan fingerprint density at radius 2 is 1.71 bits per heavy atom. The first-order chi connectivity index (χ1) is 7.71. The summed E-state index contributed by atoms with van der Waals surface area (Å²) in [4.78, 5) is 0. The molecule has 0 aliphatic heterocycles. The van der Waals surface area contributed by atoms with Crippen LogP contribution in [-0.4, -0.2) is 14.7 Å². The van der Waals surface area contributed by atoms with Gasteiger partial charge < -0.3 is 0 Å². The van der Waals surface area contributed by atoms with Gasteiger partial charge in [-0.3, -0.25) is 4.78 Å². The van der Waals surface area contributed by atoms with Crippen LogP contribution in [0.2, 0.25) is 0 Å². The van der Waals surface area contributed by atoms with E-state index >= 15 is 0 Å². The summed E-state index contributed by atoms with van der Waals surface area (Å²) < 4.78 is 20.4. The molecule has 2 nitrogen and oxygen atoms in total. The van der Waals surface area contributed by atoms with E-state index in [-0.39, 0.29) is 10.5 Å². The monoisotopic (exact) mass is 259 g/mol. The van der Waals surface area contributed by atoms with Crippen molar-refractivity contribution in [2.45, 2.75) is 77.2 Å². The van der Waals surface area contributed by atoms with Crippen molar-refractivity contribution in [1.82, 2.24) is 0 Å². The standard InChI is InChI=1S/C14H29NOS/c1-6-14(4,5)12-7-9-13(10-8-12)17(15,16)11(2)3/h11-13,15H,6-10H2,1-5H3. The van der Waals surface area contributed by atoms with Gasteiger partial charge in [0.2, 0.25) is 0 Å². The fourth-order valence-electron chi connectivity index (χ4n) is 2.87. The topological polar surface area (TPSA) is 40.9 Å². The highest BCUT2D eigenvalue weighted by atomic mass is 32.2. The summed E-state index contributed by atoms with van der Waals surface area (Å²) in [6, 6.07) is 0. The van der Waals surface area contributed by atoms with Crippen molar-refractivity contribution >= 4 is 9.73 Å². The molecule has 0 radical (unpaired) electrons. The first-order valence-corrected chi connectivity index (χ1v) is 8.66. The van der Waals surface area contributed by atoms with Gasteiger partial charge in [-0.25, -0.2) is 4.21 Å². The molecule has 0 bridgehead atoms. The molecule has 1 saturated carbocycles. The highest BCUT2D eigenvalue weighted by Gasteiger charge is 2.35. The molecule has 17 heavy (non-hydrogen) atoms. The Kier molecular flexibility index (Phi) is 4.67. The van der Waals surface area contributed by atoms with Crippen LogP contribution in [0.1, 0.15) is 66.7 Å². The molecule has 1 rings (SSSR count). The van der Waals surface area contributed by atoms with Gasteiger partial charge in [0.05, 0.1) is 0 Å². The summed E-state index contributed by atoms with van der Waals surface area (Å²) in [5.74, 6) is 0.756. The third kappa shape index (κ3) is 3.24. The summed E-state index contributed by atoms with van der Waals surface area (Å²) in [5.41, 5.74) is 0.408. The third-order valence-corrected chi connectivity index (χ3v) is 7.75. The van der Waals surface area contributed by atoms with E-state index in [9.17, 15) is 4.21 Å². The van der Waals surface area contributed by atoms with E-state index in [4.69, 9.17) is 4.78 Å². The van der Waals surface area contributed by atoms with Gasteiger partial charge in [0.15, 0.2) is 0 Å². The van der Waals surface area contributed by atoms with Crippen LogP contribution in [0.3, 0.4) is 0 Å².